The van der Waals surface area contributed by atoms with Gasteiger partial charge in [-0.25, -0.2) is 4.79 Å². The Morgan fingerprint density at radius 3 is 2.51 bits per heavy atom. The second-order valence-electron chi connectivity index (χ2n) is 13.3. The van der Waals surface area contributed by atoms with Crippen LogP contribution in [0.15, 0.2) is 28.7 Å². The van der Waals surface area contributed by atoms with Crippen molar-refractivity contribution in [3.8, 4) is 0 Å². The molecule has 9 nitrogen and oxygen atoms in total. The number of halogens is 1. The number of carbonyl (C=O) groups excluding carboxylic acids is 3. The number of fused-ring (bicyclic) bond motifs is 1. The minimum Gasteiger partial charge on any atom is -0.460 e. The molecule has 3 N–H and O–H groups in total. The monoisotopic (exact) mass is 627 g/mol. The van der Waals surface area contributed by atoms with Gasteiger partial charge in [0.1, 0.15) is 11.6 Å². The van der Waals surface area contributed by atoms with Crippen LogP contribution in [-0.2, 0) is 19.1 Å². The molecule has 1 aromatic carbocycles. The van der Waals surface area contributed by atoms with Gasteiger partial charge in [0.2, 0.25) is 17.6 Å². The molecule has 3 atom stereocenters. The zero-order valence-corrected chi connectivity index (χ0v) is 26.8. The lowest BCUT2D eigenvalue weighted by molar-refractivity contribution is -0.142. The lowest BCUT2D eigenvalue weighted by Crippen LogP contribution is -2.50. The number of hydrogen-bond donors (Lipinski definition) is 2. The average Bonchev–Trinajstić information content (AvgIpc) is 3.70. The topological polar surface area (TPSA) is 124 Å². The molecule has 1 aliphatic heterocycles. The summed E-state index contributed by atoms with van der Waals surface area (Å²) in [6.45, 7) is 2.52. The van der Waals surface area contributed by atoms with Gasteiger partial charge in [0.05, 0.1) is 19.4 Å². The van der Waals surface area contributed by atoms with Crippen molar-refractivity contribution in [2.75, 3.05) is 32.3 Å². The minimum atomic E-state index is -0.558. The zero-order chi connectivity index (χ0) is 31.9. The number of likely N-dealkylation sites (tertiary alicyclic amines) is 1. The molecule has 10 heteroatoms. The molecule has 0 spiro atoms. The van der Waals surface area contributed by atoms with Crippen LogP contribution in [-0.4, -0.2) is 67.8 Å². The number of nitrogens with zero attached hydrogens (tertiary/aromatic N) is 1. The third-order valence-electron chi connectivity index (χ3n) is 10.5. The van der Waals surface area contributed by atoms with Gasteiger partial charge in [0.15, 0.2) is 0 Å². The summed E-state index contributed by atoms with van der Waals surface area (Å²) in [4.78, 5) is 42.4. The summed E-state index contributed by atoms with van der Waals surface area (Å²) in [7, 11) is 1.76. The Kier molecular flexibility index (Phi) is 11.5. The van der Waals surface area contributed by atoms with Crippen LogP contribution >= 0.6 is 0 Å². The molecule has 2 amide bonds. The Morgan fingerprint density at radius 1 is 1.07 bits per heavy atom. The molecule has 1 saturated heterocycles. The van der Waals surface area contributed by atoms with Crippen LogP contribution in [0.1, 0.15) is 94.5 Å². The molecule has 2 aromatic rings. The summed E-state index contributed by atoms with van der Waals surface area (Å²) in [5.74, 6) is 0.00888. The maximum Gasteiger partial charge on any atom is 0.374 e. The maximum atomic E-state index is 14.1. The molecule has 0 bridgehead atoms. The lowest BCUT2D eigenvalue weighted by atomic mass is 9.75. The molecule has 2 aliphatic carbocycles. The van der Waals surface area contributed by atoms with Crippen LogP contribution in [0.3, 0.4) is 0 Å². The quantitative estimate of drug-likeness (QED) is 0.211. The predicted molar refractivity (Wildman–Crippen MR) is 170 cm³/mol. The van der Waals surface area contributed by atoms with E-state index >= 15 is 0 Å². The van der Waals surface area contributed by atoms with E-state index in [-0.39, 0.29) is 47.5 Å². The fraction of sp³-hybridized carbons (Fsp3) is 0.686. The average molecular weight is 628 g/mol. The fourth-order valence-electron chi connectivity index (χ4n) is 7.85. The number of ether oxygens (including phenoxy) is 2. The number of nitrogens with one attached hydrogen (secondary N) is 1. The van der Waals surface area contributed by atoms with Crippen molar-refractivity contribution in [2.45, 2.75) is 102 Å². The molecule has 0 radical (unpaired) electrons. The van der Waals surface area contributed by atoms with Crippen LogP contribution in [0.25, 0.3) is 11.0 Å². The first-order chi connectivity index (χ1) is 21.8. The Balaban J connectivity index is 1.30. The number of hydrogen-bond acceptors (Lipinski definition) is 7. The number of nitrogens with two attached hydrogens (primary N) is 1. The number of anilines is 1. The summed E-state index contributed by atoms with van der Waals surface area (Å²) >= 11 is 0. The molecule has 0 unspecified atom stereocenters. The molecule has 2 heterocycles. The van der Waals surface area contributed by atoms with Crippen LogP contribution in [0.5, 0.6) is 0 Å². The lowest BCUT2D eigenvalue weighted by Gasteiger charge is -2.37. The molecule has 3 fully saturated rings. The van der Waals surface area contributed by atoms with Gasteiger partial charge in [0.25, 0.3) is 0 Å². The van der Waals surface area contributed by atoms with E-state index in [0.29, 0.717) is 42.1 Å². The zero-order valence-electron chi connectivity index (χ0n) is 26.8. The van der Waals surface area contributed by atoms with Crippen molar-refractivity contribution >= 4 is 34.4 Å². The van der Waals surface area contributed by atoms with E-state index in [4.69, 9.17) is 19.6 Å². The summed E-state index contributed by atoms with van der Waals surface area (Å²) in [6.07, 6.45) is 10.1. The van der Waals surface area contributed by atoms with Gasteiger partial charge in [-0.05, 0) is 113 Å². The molecule has 45 heavy (non-hydrogen) atoms. The number of rotatable bonds is 12. The number of benzene rings is 1. The van der Waals surface area contributed by atoms with E-state index in [1.165, 1.54) is 0 Å². The van der Waals surface area contributed by atoms with Gasteiger partial charge in [-0.3, -0.25) is 14.0 Å². The Morgan fingerprint density at radius 2 is 1.82 bits per heavy atom. The van der Waals surface area contributed by atoms with E-state index in [0.717, 1.165) is 70.6 Å². The molecular weight excluding hydrogens is 577 g/mol. The highest BCUT2D eigenvalue weighted by Crippen LogP contribution is 2.42. The summed E-state index contributed by atoms with van der Waals surface area (Å²) < 4.78 is 29.5. The van der Waals surface area contributed by atoms with Crippen molar-refractivity contribution in [2.24, 2.45) is 29.4 Å². The SMILES string of the molecule is CCCCOC(=O)c1cc2cc(NC(=O)[C@@H]3[C@H](C4CCC(OC)CC4)CCN3C(=O)C3CCC([C@H](N)CCF)CC3)ccc2o1. The Hall–Kier alpha value is -2.98. The Labute approximate surface area is 265 Å². The molecule has 248 valence electrons. The van der Waals surface area contributed by atoms with E-state index < -0.39 is 18.7 Å². The van der Waals surface area contributed by atoms with Gasteiger partial charge >= 0.3 is 5.97 Å². The number of furan rings is 1. The van der Waals surface area contributed by atoms with Crippen molar-refractivity contribution < 1.29 is 32.7 Å². The standard InChI is InChI=1S/C35H50FN3O6/c1-3-4-19-44-35(42)31-21-25-20-26(11-14-30(25)45-31)38-33(40)32-28(22-9-12-27(43-2)13-10-22)16-18-39(32)34(41)24-7-5-23(6-8-24)29(37)15-17-36/h11,14,20-24,27-29,32H,3-10,12-13,15-19,37H2,1-2H3,(H,38,40)/t22?,23?,24?,27?,28-,29+,32-/m0/s1. The maximum absolute atomic E-state index is 14.1. The summed E-state index contributed by atoms with van der Waals surface area (Å²) in [6, 6.07) is 6.20. The van der Waals surface area contributed by atoms with Crippen LogP contribution < -0.4 is 11.1 Å². The predicted octanol–water partition coefficient (Wildman–Crippen LogP) is 6.24. The summed E-state index contributed by atoms with van der Waals surface area (Å²) in [5, 5.41) is 3.79. The molecule has 1 aromatic heterocycles. The van der Waals surface area contributed by atoms with Crippen molar-refractivity contribution in [3.05, 3.63) is 30.0 Å². The molecular formula is C35H50FN3O6. The molecule has 2 saturated carbocycles. The largest absolute Gasteiger partial charge is 0.460 e. The fourth-order valence-corrected chi connectivity index (χ4v) is 7.85. The highest BCUT2D eigenvalue weighted by atomic mass is 19.1. The van der Waals surface area contributed by atoms with Crippen molar-refractivity contribution in [3.63, 3.8) is 0 Å². The van der Waals surface area contributed by atoms with Gasteiger partial charge in [-0.2, -0.15) is 0 Å². The smallest absolute Gasteiger partial charge is 0.374 e. The van der Waals surface area contributed by atoms with Crippen molar-refractivity contribution in [1.29, 1.82) is 0 Å². The van der Waals surface area contributed by atoms with Crippen LogP contribution in [0.4, 0.5) is 10.1 Å². The number of esters is 1. The third kappa shape index (κ3) is 7.88. The minimum absolute atomic E-state index is 0.0530. The van der Waals surface area contributed by atoms with E-state index in [1.54, 1.807) is 31.4 Å². The van der Waals surface area contributed by atoms with Crippen LogP contribution in [0, 0.1) is 23.7 Å². The second kappa shape index (κ2) is 15.5. The number of carbonyl (C=O) groups is 3. The number of amides is 2. The first-order valence-corrected chi connectivity index (χ1v) is 17.0. The van der Waals surface area contributed by atoms with E-state index in [2.05, 4.69) is 5.32 Å². The first-order valence-electron chi connectivity index (χ1n) is 17.0. The highest BCUT2D eigenvalue weighted by Gasteiger charge is 2.47. The molecule has 3 aliphatic rings. The second-order valence-corrected chi connectivity index (χ2v) is 13.3. The van der Waals surface area contributed by atoms with E-state index in [9.17, 15) is 18.8 Å². The van der Waals surface area contributed by atoms with Crippen LogP contribution in [0.2, 0.25) is 0 Å². The third-order valence-corrected chi connectivity index (χ3v) is 10.5. The molecule has 5 rings (SSSR count). The Bertz CT molecular complexity index is 1300. The van der Waals surface area contributed by atoms with E-state index in [1.807, 2.05) is 11.8 Å². The normalized spacial score (nSPS) is 27.8. The van der Waals surface area contributed by atoms with Gasteiger partial charge in [0, 0.05) is 36.7 Å². The number of unbranched alkanes of at least 4 members (excludes halogenated alkanes) is 1. The number of alkyl halides is 1. The summed E-state index contributed by atoms with van der Waals surface area (Å²) in [5.41, 5.74) is 7.32. The first kappa shape index (κ1) is 33.4. The van der Waals surface area contributed by atoms with Gasteiger partial charge < -0.3 is 29.8 Å². The van der Waals surface area contributed by atoms with Crippen molar-refractivity contribution in [1.82, 2.24) is 4.90 Å². The van der Waals surface area contributed by atoms with Gasteiger partial charge in [-0.15, -0.1) is 0 Å². The highest BCUT2D eigenvalue weighted by molar-refractivity contribution is 6.00. The number of methoxy groups -OCH3 is 1. The van der Waals surface area contributed by atoms with Gasteiger partial charge in [-0.1, -0.05) is 13.3 Å².